The molecule has 470 valence electrons. The van der Waals surface area contributed by atoms with Gasteiger partial charge in [0.1, 0.15) is 0 Å². The zero-order chi connectivity index (χ0) is 57.1. The minimum Gasteiger partial charge on any atom is -0.466 e. The van der Waals surface area contributed by atoms with E-state index in [1.807, 2.05) is 0 Å². The molecule has 2 atom stereocenters. The summed E-state index contributed by atoms with van der Waals surface area (Å²) in [5, 5.41) is 23.3. The van der Waals surface area contributed by atoms with Crippen LogP contribution in [0.5, 0.6) is 0 Å². The van der Waals surface area contributed by atoms with E-state index in [2.05, 4.69) is 31.3 Å². The summed E-state index contributed by atoms with van der Waals surface area (Å²) in [6.45, 7) is 4.99. The van der Waals surface area contributed by atoms with Gasteiger partial charge in [0.15, 0.2) is 0 Å². The molecule has 3 N–H and O–H groups in total. The fraction of sp³-hybridized carbons (Fsp3) is 0.945. The maximum Gasteiger partial charge on any atom is 0.305 e. The lowest BCUT2D eigenvalue weighted by Gasteiger charge is -2.22. The number of amides is 1. The number of hydrogen-bond acceptors (Lipinski definition) is 5. The van der Waals surface area contributed by atoms with E-state index in [0.29, 0.717) is 25.9 Å². The first kappa shape index (κ1) is 77.6. The molecule has 79 heavy (non-hydrogen) atoms. The van der Waals surface area contributed by atoms with Gasteiger partial charge in [-0.3, -0.25) is 9.59 Å². The van der Waals surface area contributed by atoms with Gasteiger partial charge >= 0.3 is 5.97 Å². The van der Waals surface area contributed by atoms with E-state index in [1.54, 1.807) is 0 Å². The molecule has 0 aliphatic carbocycles. The summed E-state index contributed by atoms with van der Waals surface area (Å²) in [6, 6.07) is -0.537. The maximum atomic E-state index is 12.5. The molecule has 6 heteroatoms. The Hall–Kier alpha value is -1.40. The largest absolute Gasteiger partial charge is 0.466 e. The molecular weight excluding hydrogens is 971 g/mol. The normalized spacial score (nSPS) is 12.5. The van der Waals surface area contributed by atoms with Crippen LogP contribution >= 0.6 is 0 Å². The molecule has 0 aromatic heterocycles. The molecule has 1 amide bonds. The fourth-order valence-electron chi connectivity index (χ4n) is 11.8. The highest BCUT2D eigenvalue weighted by molar-refractivity contribution is 5.76. The second-order valence-corrected chi connectivity index (χ2v) is 25.3. The van der Waals surface area contributed by atoms with Crippen molar-refractivity contribution >= 4 is 11.9 Å². The lowest BCUT2D eigenvalue weighted by Crippen LogP contribution is -2.45. The summed E-state index contributed by atoms with van der Waals surface area (Å²) in [6.07, 6.45) is 85.7. The Balaban J connectivity index is 3.32. The number of unbranched alkanes of at least 4 members (excludes halogenated alkanes) is 56. The first-order chi connectivity index (χ1) is 39.0. The smallest absolute Gasteiger partial charge is 0.305 e. The number of esters is 1. The van der Waals surface area contributed by atoms with Crippen LogP contribution in [0, 0.1) is 0 Å². The molecule has 0 saturated heterocycles. The lowest BCUT2D eigenvalue weighted by atomic mass is 10.0. The molecule has 0 fully saturated rings. The predicted molar refractivity (Wildman–Crippen MR) is 347 cm³/mol. The number of carbonyl (C=O) groups is 2. The van der Waals surface area contributed by atoms with Crippen molar-refractivity contribution in [2.24, 2.45) is 0 Å². The van der Waals surface area contributed by atoms with Crippen LogP contribution < -0.4 is 5.32 Å². The highest BCUT2D eigenvalue weighted by Crippen LogP contribution is 2.19. The molecule has 0 aliphatic heterocycles. The number of allylic oxidation sites excluding steroid dienone is 2. The number of ether oxygens (including phenoxy) is 1. The topological polar surface area (TPSA) is 95.9 Å². The minimum atomic E-state index is -0.660. The molecular formula is C73H143NO5. The van der Waals surface area contributed by atoms with E-state index < -0.39 is 12.1 Å². The third-order valence-electron chi connectivity index (χ3n) is 17.3. The van der Waals surface area contributed by atoms with E-state index in [1.165, 1.54) is 347 Å². The van der Waals surface area contributed by atoms with Gasteiger partial charge in [-0.15, -0.1) is 0 Å². The Labute approximate surface area is 495 Å². The van der Waals surface area contributed by atoms with Crippen LogP contribution in [0.2, 0.25) is 0 Å². The van der Waals surface area contributed by atoms with Gasteiger partial charge in [0.05, 0.1) is 25.4 Å². The summed E-state index contributed by atoms with van der Waals surface area (Å²) in [7, 11) is 0. The van der Waals surface area contributed by atoms with Gasteiger partial charge in [-0.2, -0.15) is 0 Å². The third-order valence-corrected chi connectivity index (χ3v) is 17.3. The summed E-state index contributed by atoms with van der Waals surface area (Å²) in [5.74, 6) is -0.00570. The van der Waals surface area contributed by atoms with Crippen molar-refractivity contribution in [3.05, 3.63) is 12.2 Å². The van der Waals surface area contributed by atoms with Gasteiger partial charge < -0.3 is 20.3 Å². The standard InChI is InChI=1S/C73H143NO5/c1-3-5-7-9-11-13-15-17-42-45-49-53-57-61-65-71(76)70(69-75)74-72(77)66-62-58-54-50-46-43-39-37-35-33-31-29-27-25-23-21-19-18-20-22-24-26-28-30-32-34-36-38-40-44-48-52-56-60-64-68-79-73(78)67-63-59-55-51-47-41-16-14-12-10-8-6-4-2/h20,22,70-71,75-76H,3-19,21,23-69H2,1-2H3,(H,74,77)/b22-20-. The Kier molecular flexibility index (Phi) is 67.9. The molecule has 0 aliphatic rings. The predicted octanol–water partition coefficient (Wildman–Crippen LogP) is 23.5. The van der Waals surface area contributed by atoms with E-state index in [-0.39, 0.29) is 18.5 Å². The second kappa shape index (κ2) is 69.1. The van der Waals surface area contributed by atoms with Crippen molar-refractivity contribution in [3.8, 4) is 0 Å². The highest BCUT2D eigenvalue weighted by Gasteiger charge is 2.20. The third kappa shape index (κ3) is 65.6. The monoisotopic (exact) mass is 1110 g/mol. The average molecular weight is 1110 g/mol. The quantitative estimate of drug-likeness (QED) is 0.0320. The summed E-state index contributed by atoms with van der Waals surface area (Å²) >= 11 is 0. The molecule has 2 unspecified atom stereocenters. The van der Waals surface area contributed by atoms with E-state index >= 15 is 0 Å². The van der Waals surface area contributed by atoms with Crippen LogP contribution in [0.4, 0.5) is 0 Å². The number of carbonyl (C=O) groups excluding carboxylic acids is 2. The summed E-state index contributed by atoms with van der Waals surface area (Å²) in [5.41, 5.74) is 0. The van der Waals surface area contributed by atoms with Gasteiger partial charge in [-0.05, 0) is 51.4 Å². The summed E-state index contributed by atoms with van der Waals surface area (Å²) in [4.78, 5) is 24.6. The van der Waals surface area contributed by atoms with Gasteiger partial charge in [-0.25, -0.2) is 0 Å². The zero-order valence-corrected chi connectivity index (χ0v) is 53.9. The van der Waals surface area contributed by atoms with Crippen molar-refractivity contribution in [2.75, 3.05) is 13.2 Å². The van der Waals surface area contributed by atoms with Crippen molar-refractivity contribution in [2.45, 2.75) is 431 Å². The Morgan fingerprint density at radius 3 is 0.899 bits per heavy atom. The van der Waals surface area contributed by atoms with Crippen molar-refractivity contribution < 1.29 is 24.5 Å². The van der Waals surface area contributed by atoms with Crippen LogP contribution in [-0.2, 0) is 14.3 Å². The minimum absolute atomic E-state index is 0.0226. The highest BCUT2D eigenvalue weighted by atomic mass is 16.5. The zero-order valence-electron chi connectivity index (χ0n) is 53.9. The van der Waals surface area contributed by atoms with E-state index in [9.17, 15) is 19.8 Å². The van der Waals surface area contributed by atoms with Crippen LogP contribution in [-0.4, -0.2) is 47.4 Å². The number of nitrogens with one attached hydrogen (secondary N) is 1. The van der Waals surface area contributed by atoms with Crippen molar-refractivity contribution in [1.29, 1.82) is 0 Å². The summed E-state index contributed by atoms with van der Waals surface area (Å²) < 4.78 is 5.49. The molecule has 0 aromatic carbocycles. The lowest BCUT2D eigenvalue weighted by molar-refractivity contribution is -0.143. The molecule has 0 rings (SSSR count). The number of aliphatic hydroxyl groups is 2. The average Bonchev–Trinajstić information content (AvgIpc) is 3.45. The van der Waals surface area contributed by atoms with E-state index in [0.717, 1.165) is 38.5 Å². The van der Waals surface area contributed by atoms with E-state index in [4.69, 9.17) is 4.74 Å². The van der Waals surface area contributed by atoms with Crippen LogP contribution in [0.25, 0.3) is 0 Å². The molecule has 0 saturated carbocycles. The van der Waals surface area contributed by atoms with Crippen LogP contribution in [0.1, 0.15) is 418 Å². The van der Waals surface area contributed by atoms with Crippen molar-refractivity contribution in [1.82, 2.24) is 5.32 Å². The molecule has 0 aromatic rings. The Morgan fingerprint density at radius 2 is 0.595 bits per heavy atom. The number of hydrogen-bond donors (Lipinski definition) is 3. The molecule has 6 nitrogen and oxygen atoms in total. The SMILES string of the molecule is CCCCCCCCCCCCCCCCC(O)C(CO)NC(=O)CCCCCCCCCCCCCCCCCCC/C=C\CCCCCCCCCCCCCCCCOC(=O)CCCCCCCCCCCCCCC. The van der Waals surface area contributed by atoms with Crippen LogP contribution in [0.15, 0.2) is 12.2 Å². The molecule has 0 heterocycles. The molecule has 0 spiro atoms. The van der Waals surface area contributed by atoms with Gasteiger partial charge in [0.25, 0.3) is 0 Å². The maximum absolute atomic E-state index is 12.5. The number of rotatable bonds is 69. The molecule has 0 bridgehead atoms. The van der Waals surface area contributed by atoms with Crippen molar-refractivity contribution in [3.63, 3.8) is 0 Å². The molecule has 0 radical (unpaired) electrons. The first-order valence-electron chi connectivity index (χ1n) is 36.4. The van der Waals surface area contributed by atoms with Gasteiger partial charge in [-0.1, -0.05) is 366 Å². The fourth-order valence-corrected chi connectivity index (χ4v) is 11.8. The number of aliphatic hydroxyl groups excluding tert-OH is 2. The van der Waals surface area contributed by atoms with Gasteiger partial charge in [0.2, 0.25) is 5.91 Å². The van der Waals surface area contributed by atoms with Gasteiger partial charge in [0, 0.05) is 12.8 Å². The van der Waals surface area contributed by atoms with Crippen LogP contribution in [0.3, 0.4) is 0 Å². The first-order valence-corrected chi connectivity index (χ1v) is 36.4. The Morgan fingerprint density at radius 1 is 0.342 bits per heavy atom. The second-order valence-electron chi connectivity index (χ2n) is 25.3. The Bertz CT molecular complexity index is 1190.